The number of rotatable bonds is 7. The Balaban J connectivity index is 1.69. The standard InChI is InChI=1S/C24H25Cl2NO3S2/c1-5-27-22(28)20(32-23(27)31)13-15-12-17(25)14-19(26)21(15)30-11-10-29-18-8-6-16(7-9-18)24(2,3)4/h6-9,12-14H,5,10-11H2,1-4H3/b20-13-. The van der Waals surface area contributed by atoms with Crippen molar-refractivity contribution in [2.75, 3.05) is 19.8 Å². The number of benzene rings is 2. The van der Waals surface area contributed by atoms with Gasteiger partial charge in [0.15, 0.2) is 0 Å². The molecule has 0 N–H and O–H groups in total. The van der Waals surface area contributed by atoms with Gasteiger partial charge >= 0.3 is 0 Å². The van der Waals surface area contributed by atoms with Gasteiger partial charge in [0.05, 0.1) is 9.93 Å². The van der Waals surface area contributed by atoms with Crippen molar-refractivity contribution in [2.24, 2.45) is 0 Å². The summed E-state index contributed by atoms with van der Waals surface area (Å²) < 4.78 is 12.3. The van der Waals surface area contributed by atoms with E-state index in [1.54, 1.807) is 23.1 Å². The van der Waals surface area contributed by atoms with Gasteiger partial charge in [-0.1, -0.05) is 80.1 Å². The number of thioether (sulfide) groups is 1. The number of hydrogen-bond acceptors (Lipinski definition) is 5. The van der Waals surface area contributed by atoms with Crippen LogP contribution in [0, 0.1) is 0 Å². The lowest BCUT2D eigenvalue weighted by atomic mass is 9.87. The van der Waals surface area contributed by atoms with Crippen molar-refractivity contribution in [1.82, 2.24) is 4.90 Å². The number of nitrogens with zero attached hydrogens (tertiary/aromatic N) is 1. The summed E-state index contributed by atoms with van der Waals surface area (Å²) in [5.41, 5.74) is 1.95. The van der Waals surface area contributed by atoms with Crippen molar-refractivity contribution in [3.63, 3.8) is 0 Å². The summed E-state index contributed by atoms with van der Waals surface area (Å²) >= 11 is 19.1. The van der Waals surface area contributed by atoms with Gasteiger partial charge in [-0.15, -0.1) is 0 Å². The Morgan fingerprint density at radius 1 is 1.09 bits per heavy atom. The van der Waals surface area contributed by atoms with E-state index in [2.05, 4.69) is 32.9 Å². The third-order valence-corrected chi connectivity index (χ3v) is 6.71. The average molecular weight is 511 g/mol. The molecule has 1 fully saturated rings. The first-order valence-electron chi connectivity index (χ1n) is 10.2. The maximum absolute atomic E-state index is 12.6. The number of carbonyl (C=O) groups excluding carboxylic acids is 1. The van der Waals surface area contributed by atoms with Crippen LogP contribution in [0.2, 0.25) is 10.0 Å². The Morgan fingerprint density at radius 2 is 1.75 bits per heavy atom. The van der Waals surface area contributed by atoms with Crippen molar-refractivity contribution >= 4 is 63.5 Å². The van der Waals surface area contributed by atoms with Gasteiger partial charge in [0, 0.05) is 17.1 Å². The summed E-state index contributed by atoms with van der Waals surface area (Å²) in [6, 6.07) is 11.4. The lowest BCUT2D eigenvalue weighted by molar-refractivity contribution is -0.121. The molecule has 0 atom stereocenters. The second kappa shape index (κ2) is 10.5. The van der Waals surface area contributed by atoms with E-state index in [0.717, 1.165) is 5.75 Å². The Morgan fingerprint density at radius 3 is 2.34 bits per heavy atom. The minimum atomic E-state index is -0.133. The second-order valence-electron chi connectivity index (χ2n) is 8.20. The molecule has 170 valence electrons. The zero-order valence-electron chi connectivity index (χ0n) is 18.4. The smallest absolute Gasteiger partial charge is 0.266 e. The summed E-state index contributed by atoms with van der Waals surface area (Å²) in [5.74, 6) is 1.09. The first-order chi connectivity index (χ1) is 15.1. The van der Waals surface area contributed by atoms with Gasteiger partial charge in [-0.05, 0) is 48.2 Å². The lowest BCUT2D eigenvalue weighted by Crippen LogP contribution is -2.27. The van der Waals surface area contributed by atoms with E-state index in [9.17, 15) is 4.79 Å². The van der Waals surface area contributed by atoms with Crippen LogP contribution in [0.1, 0.15) is 38.8 Å². The lowest BCUT2D eigenvalue weighted by Gasteiger charge is -2.19. The molecule has 0 bridgehead atoms. The molecule has 0 radical (unpaired) electrons. The molecule has 1 aliphatic rings. The molecule has 4 nitrogen and oxygen atoms in total. The van der Waals surface area contributed by atoms with E-state index in [0.29, 0.717) is 43.7 Å². The van der Waals surface area contributed by atoms with Gasteiger partial charge in [0.1, 0.15) is 29.0 Å². The Kier molecular flexibility index (Phi) is 8.15. The highest BCUT2D eigenvalue weighted by Crippen LogP contribution is 2.38. The van der Waals surface area contributed by atoms with E-state index in [1.807, 2.05) is 19.1 Å². The molecule has 8 heteroatoms. The van der Waals surface area contributed by atoms with Gasteiger partial charge in [-0.3, -0.25) is 9.69 Å². The van der Waals surface area contributed by atoms with Crippen LogP contribution in [-0.4, -0.2) is 34.9 Å². The quantitative estimate of drug-likeness (QED) is 0.229. The Labute approximate surface area is 208 Å². The molecule has 0 unspecified atom stereocenters. The van der Waals surface area contributed by atoms with E-state index in [4.69, 9.17) is 44.9 Å². The summed E-state index contributed by atoms with van der Waals surface area (Å²) in [6.07, 6.45) is 1.72. The van der Waals surface area contributed by atoms with Crippen LogP contribution < -0.4 is 9.47 Å². The van der Waals surface area contributed by atoms with Gasteiger partial charge in [0.25, 0.3) is 5.91 Å². The fourth-order valence-corrected chi connectivity index (χ4v) is 5.05. The number of ether oxygens (including phenoxy) is 2. The summed E-state index contributed by atoms with van der Waals surface area (Å²) in [6.45, 7) is 9.54. The van der Waals surface area contributed by atoms with Crippen LogP contribution in [0.25, 0.3) is 6.08 Å². The summed E-state index contributed by atoms with van der Waals surface area (Å²) in [7, 11) is 0. The second-order valence-corrected chi connectivity index (χ2v) is 10.7. The monoisotopic (exact) mass is 509 g/mol. The number of hydrogen-bond donors (Lipinski definition) is 0. The number of halogens is 2. The highest BCUT2D eigenvalue weighted by Gasteiger charge is 2.31. The van der Waals surface area contributed by atoms with Crippen LogP contribution in [0.5, 0.6) is 11.5 Å². The number of thiocarbonyl (C=S) groups is 1. The largest absolute Gasteiger partial charge is 0.490 e. The van der Waals surface area contributed by atoms with Crippen molar-refractivity contribution in [3.8, 4) is 11.5 Å². The minimum absolute atomic E-state index is 0.0920. The highest BCUT2D eigenvalue weighted by atomic mass is 35.5. The third-order valence-electron chi connectivity index (χ3n) is 4.83. The molecular weight excluding hydrogens is 485 g/mol. The molecular formula is C24H25Cl2NO3S2. The maximum Gasteiger partial charge on any atom is 0.266 e. The van der Waals surface area contributed by atoms with Crippen molar-refractivity contribution in [1.29, 1.82) is 0 Å². The topological polar surface area (TPSA) is 38.8 Å². The van der Waals surface area contributed by atoms with E-state index in [-0.39, 0.29) is 17.9 Å². The normalized spacial score (nSPS) is 15.6. The van der Waals surface area contributed by atoms with E-state index in [1.165, 1.54) is 17.3 Å². The molecule has 0 aliphatic carbocycles. The van der Waals surface area contributed by atoms with Gasteiger partial charge in [-0.2, -0.15) is 0 Å². The number of likely N-dealkylation sites (N-methyl/N-ethyl adjacent to an activating group) is 1. The first kappa shape index (κ1) is 24.9. The van der Waals surface area contributed by atoms with Gasteiger partial charge < -0.3 is 9.47 Å². The van der Waals surface area contributed by atoms with Crippen molar-refractivity contribution in [3.05, 3.63) is 62.5 Å². The minimum Gasteiger partial charge on any atom is -0.490 e. The van der Waals surface area contributed by atoms with Gasteiger partial charge in [0.2, 0.25) is 0 Å². The predicted octanol–water partition coefficient (Wildman–Crippen LogP) is 6.97. The molecule has 1 saturated heterocycles. The number of carbonyl (C=O) groups is 1. The summed E-state index contributed by atoms with van der Waals surface area (Å²) in [5, 5.41) is 0.819. The average Bonchev–Trinajstić information content (AvgIpc) is 2.98. The molecule has 3 rings (SSSR count). The fourth-order valence-electron chi connectivity index (χ4n) is 3.11. The van der Waals surface area contributed by atoms with Crippen LogP contribution in [0.3, 0.4) is 0 Å². The van der Waals surface area contributed by atoms with E-state index < -0.39 is 0 Å². The molecule has 1 heterocycles. The molecule has 2 aromatic carbocycles. The molecule has 1 aliphatic heterocycles. The highest BCUT2D eigenvalue weighted by molar-refractivity contribution is 8.26. The SMILES string of the molecule is CCN1C(=O)/C(=C/c2cc(Cl)cc(Cl)c2OCCOc2ccc(C(C)(C)C)cc2)SC1=S. The van der Waals surface area contributed by atoms with E-state index >= 15 is 0 Å². The van der Waals surface area contributed by atoms with Crippen molar-refractivity contribution < 1.29 is 14.3 Å². The molecule has 32 heavy (non-hydrogen) atoms. The Hall–Kier alpha value is -1.73. The zero-order chi connectivity index (χ0) is 23.5. The van der Waals surface area contributed by atoms with Crippen LogP contribution >= 0.6 is 47.2 Å². The zero-order valence-corrected chi connectivity index (χ0v) is 21.6. The maximum atomic E-state index is 12.6. The molecule has 0 aromatic heterocycles. The summed E-state index contributed by atoms with van der Waals surface area (Å²) in [4.78, 5) is 14.6. The molecule has 1 amide bonds. The molecule has 0 spiro atoms. The van der Waals surface area contributed by atoms with Crippen LogP contribution in [0.15, 0.2) is 41.3 Å². The molecule has 2 aromatic rings. The predicted molar refractivity (Wildman–Crippen MR) is 138 cm³/mol. The first-order valence-corrected chi connectivity index (χ1v) is 12.2. The van der Waals surface area contributed by atoms with Crippen molar-refractivity contribution in [2.45, 2.75) is 33.1 Å². The third kappa shape index (κ3) is 5.98. The van der Waals surface area contributed by atoms with Gasteiger partial charge in [-0.25, -0.2) is 0 Å². The Bertz CT molecular complexity index is 1050. The molecule has 0 saturated carbocycles. The number of amides is 1. The van der Waals surface area contributed by atoms with Crippen LogP contribution in [-0.2, 0) is 10.2 Å². The fraction of sp³-hybridized carbons (Fsp3) is 0.333. The van der Waals surface area contributed by atoms with Crippen LogP contribution in [0.4, 0.5) is 0 Å².